The van der Waals surface area contributed by atoms with Gasteiger partial charge in [-0.2, -0.15) is 0 Å². The lowest BCUT2D eigenvalue weighted by Crippen LogP contribution is -2.40. The van der Waals surface area contributed by atoms with Gasteiger partial charge < -0.3 is 20.4 Å². The molecule has 4 N–H and O–H groups in total. The zero-order valence-corrected chi connectivity index (χ0v) is 13.4. The number of hydrogen-bond donors (Lipinski definition) is 4. The van der Waals surface area contributed by atoms with Crippen molar-refractivity contribution in [2.45, 2.75) is 58.2 Å². The molecule has 0 amide bonds. The Labute approximate surface area is 128 Å². The molecule has 4 nitrogen and oxygen atoms in total. The molecule has 0 aromatic heterocycles. The lowest BCUT2D eigenvalue weighted by atomic mass is 9.67. The highest BCUT2D eigenvalue weighted by Crippen LogP contribution is 2.42. The van der Waals surface area contributed by atoms with Gasteiger partial charge in [0.2, 0.25) is 0 Å². The summed E-state index contributed by atoms with van der Waals surface area (Å²) < 4.78 is 0. The van der Waals surface area contributed by atoms with Crippen LogP contribution in [0.4, 0.5) is 0 Å². The van der Waals surface area contributed by atoms with Crippen molar-refractivity contribution in [1.29, 1.82) is 0 Å². The van der Waals surface area contributed by atoms with Crippen molar-refractivity contribution in [2.75, 3.05) is 13.2 Å². The molecule has 2 saturated carbocycles. The van der Waals surface area contributed by atoms with Gasteiger partial charge in [-0.1, -0.05) is 13.8 Å². The average molecular weight is 300 g/mol. The van der Waals surface area contributed by atoms with Crippen molar-refractivity contribution in [3.8, 4) is 0 Å². The van der Waals surface area contributed by atoms with Gasteiger partial charge >= 0.3 is 0 Å². The Hall–Kier alpha value is -0.160. The fraction of sp³-hybridized carbons (Fsp3) is 1.00. The third-order valence-electron chi connectivity index (χ3n) is 5.95. The largest absolute Gasteiger partial charge is 0.396 e. The van der Waals surface area contributed by atoms with Crippen LogP contribution in [0.2, 0.25) is 0 Å². The Morgan fingerprint density at radius 3 is 1.43 bits per heavy atom. The van der Waals surface area contributed by atoms with E-state index in [0.29, 0.717) is 11.8 Å². The van der Waals surface area contributed by atoms with E-state index in [9.17, 15) is 20.4 Å². The molecule has 0 saturated heterocycles. The van der Waals surface area contributed by atoms with Gasteiger partial charge in [0, 0.05) is 25.0 Å². The van der Waals surface area contributed by atoms with E-state index in [4.69, 9.17) is 0 Å². The molecule has 8 unspecified atom stereocenters. The molecule has 0 bridgehead atoms. The summed E-state index contributed by atoms with van der Waals surface area (Å²) in [6.45, 7) is 4.29. The predicted octanol–water partition coefficient (Wildman–Crippen LogP) is 1.41. The molecular formula is C17H32O4. The molecule has 0 aromatic carbocycles. The normalized spacial score (nSPS) is 48.3. The standard InChI is InChI=1S/C17H32O4/c1-10-3-12(6-14(8-18)16(10)20)5-13-4-11(2)17(21)15(7-13)9-19/h10-21H,3-9H2,1-2H3. The fourth-order valence-corrected chi connectivity index (χ4v) is 4.81. The zero-order chi connectivity index (χ0) is 15.6. The van der Waals surface area contributed by atoms with Crippen LogP contribution in [-0.2, 0) is 0 Å². The lowest BCUT2D eigenvalue weighted by molar-refractivity contribution is -0.0418. The molecule has 2 aliphatic carbocycles. The molecule has 0 aliphatic heterocycles. The summed E-state index contributed by atoms with van der Waals surface area (Å²) in [6.07, 6.45) is 4.20. The van der Waals surface area contributed by atoms with Crippen LogP contribution in [0.25, 0.3) is 0 Å². The third-order valence-corrected chi connectivity index (χ3v) is 5.95. The molecule has 124 valence electrons. The van der Waals surface area contributed by atoms with E-state index in [-0.39, 0.29) is 49.1 Å². The first-order valence-corrected chi connectivity index (χ1v) is 8.54. The number of hydrogen-bond acceptors (Lipinski definition) is 4. The summed E-state index contributed by atoms with van der Waals surface area (Å²) in [4.78, 5) is 0. The van der Waals surface area contributed by atoms with Crippen molar-refractivity contribution in [3.63, 3.8) is 0 Å². The summed E-state index contributed by atoms with van der Waals surface area (Å²) >= 11 is 0. The highest BCUT2D eigenvalue weighted by molar-refractivity contribution is 4.88. The van der Waals surface area contributed by atoms with Crippen LogP contribution in [0.5, 0.6) is 0 Å². The fourth-order valence-electron chi connectivity index (χ4n) is 4.81. The lowest BCUT2D eigenvalue weighted by Gasteiger charge is -2.42. The van der Waals surface area contributed by atoms with Gasteiger partial charge in [-0.05, 0) is 55.8 Å². The van der Waals surface area contributed by atoms with E-state index in [0.717, 1.165) is 32.1 Å². The Morgan fingerprint density at radius 1 is 0.714 bits per heavy atom. The summed E-state index contributed by atoms with van der Waals surface area (Å²) in [7, 11) is 0. The highest BCUT2D eigenvalue weighted by Gasteiger charge is 2.38. The Balaban J connectivity index is 1.92. The summed E-state index contributed by atoms with van der Waals surface area (Å²) in [5, 5.41) is 39.1. The maximum atomic E-state index is 10.1. The molecule has 8 atom stereocenters. The first-order chi connectivity index (χ1) is 9.96. The van der Waals surface area contributed by atoms with Crippen molar-refractivity contribution in [2.24, 2.45) is 35.5 Å². The molecule has 0 aromatic rings. The summed E-state index contributed by atoms with van der Waals surface area (Å²) in [5.74, 6) is 1.62. The molecule has 21 heavy (non-hydrogen) atoms. The highest BCUT2D eigenvalue weighted by atomic mass is 16.3. The van der Waals surface area contributed by atoms with E-state index in [1.54, 1.807) is 0 Å². The molecule has 4 heteroatoms. The second-order valence-electron chi connectivity index (χ2n) is 7.73. The van der Waals surface area contributed by atoms with Crippen LogP contribution in [0.3, 0.4) is 0 Å². The molecule has 2 aliphatic rings. The maximum absolute atomic E-state index is 10.1. The Bertz CT molecular complexity index is 292. The average Bonchev–Trinajstić information content (AvgIpc) is 2.46. The minimum absolute atomic E-state index is 0.0130. The molecule has 0 spiro atoms. The van der Waals surface area contributed by atoms with Crippen LogP contribution < -0.4 is 0 Å². The quantitative estimate of drug-likeness (QED) is 0.633. The van der Waals surface area contributed by atoms with Gasteiger partial charge in [0.1, 0.15) is 0 Å². The molecule has 2 fully saturated rings. The maximum Gasteiger partial charge on any atom is 0.0616 e. The minimum atomic E-state index is -0.372. The van der Waals surface area contributed by atoms with Crippen LogP contribution >= 0.6 is 0 Å². The topological polar surface area (TPSA) is 80.9 Å². The van der Waals surface area contributed by atoms with Gasteiger partial charge in [-0.15, -0.1) is 0 Å². The first kappa shape index (κ1) is 17.2. The van der Waals surface area contributed by atoms with Crippen molar-refractivity contribution < 1.29 is 20.4 Å². The van der Waals surface area contributed by atoms with E-state index in [2.05, 4.69) is 13.8 Å². The van der Waals surface area contributed by atoms with Gasteiger partial charge in [-0.3, -0.25) is 0 Å². The smallest absolute Gasteiger partial charge is 0.0616 e. The second-order valence-corrected chi connectivity index (χ2v) is 7.73. The Kier molecular flexibility index (Phi) is 6.06. The number of rotatable bonds is 4. The minimum Gasteiger partial charge on any atom is -0.396 e. The Morgan fingerprint density at radius 2 is 1.10 bits per heavy atom. The van der Waals surface area contributed by atoms with Crippen LogP contribution in [0.1, 0.15) is 46.0 Å². The monoisotopic (exact) mass is 300 g/mol. The van der Waals surface area contributed by atoms with Gasteiger partial charge in [0.25, 0.3) is 0 Å². The van der Waals surface area contributed by atoms with E-state index >= 15 is 0 Å². The van der Waals surface area contributed by atoms with Crippen LogP contribution in [0, 0.1) is 35.5 Å². The first-order valence-electron chi connectivity index (χ1n) is 8.54. The summed E-state index contributed by atoms with van der Waals surface area (Å²) in [5.41, 5.74) is 0. The van der Waals surface area contributed by atoms with Crippen LogP contribution in [-0.4, -0.2) is 45.8 Å². The van der Waals surface area contributed by atoms with Gasteiger partial charge in [-0.25, -0.2) is 0 Å². The predicted molar refractivity (Wildman–Crippen MR) is 81.6 cm³/mol. The van der Waals surface area contributed by atoms with Crippen molar-refractivity contribution >= 4 is 0 Å². The van der Waals surface area contributed by atoms with Gasteiger partial charge in [0.15, 0.2) is 0 Å². The molecular weight excluding hydrogens is 268 g/mol. The molecule has 2 rings (SSSR count). The number of aliphatic hydroxyl groups is 4. The van der Waals surface area contributed by atoms with E-state index in [1.807, 2.05) is 0 Å². The molecule has 0 heterocycles. The zero-order valence-electron chi connectivity index (χ0n) is 13.4. The molecule has 0 radical (unpaired) electrons. The summed E-state index contributed by atoms with van der Waals surface area (Å²) in [6, 6.07) is 0. The third kappa shape index (κ3) is 3.98. The second kappa shape index (κ2) is 7.40. The van der Waals surface area contributed by atoms with E-state index < -0.39 is 0 Å². The SMILES string of the molecule is CC1CC(CC2CC(C)C(O)C(CO)C2)CC(CO)C1O. The number of aliphatic hydroxyl groups excluding tert-OH is 4. The van der Waals surface area contributed by atoms with Crippen molar-refractivity contribution in [3.05, 3.63) is 0 Å². The van der Waals surface area contributed by atoms with Crippen LogP contribution in [0.15, 0.2) is 0 Å². The van der Waals surface area contributed by atoms with Crippen molar-refractivity contribution in [1.82, 2.24) is 0 Å². The van der Waals surface area contributed by atoms with Gasteiger partial charge in [0.05, 0.1) is 12.2 Å². The van der Waals surface area contributed by atoms with E-state index in [1.165, 1.54) is 0 Å².